The van der Waals surface area contributed by atoms with Gasteiger partial charge in [-0.25, -0.2) is 8.42 Å². The van der Waals surface area contributed by atoms with Crippen LogP contribution in [0.5, 0.6) is 0 Å². The first-order valence-corrected chi connectivity index (χ1v) is 11.2. The summed E-state index contributed by atoms with van der Waals surface area (Å²) in [5.41, 5.74) is 3.15. The second-order valence-corrected chi connectivity index (χ2v) is 10.7. The van der Waals surface area contributed by atoms with E-state index in [4.69, 9.17) is 0 Å². The monoisotopic (exact) mass is 416 g/mol. The van der Waals surface area contributed by atoms with E-state index in [0.717, 1.165) is 11.1 Å². The summed E-state index contributed by atoms with van der Waals surface area (Å²) in [7, 11) is -3.85. The molecule has 5 nitrogen and oxygen atoms in total. The number of benzene rings is 2. The van der Waals surface area contributed by atoms with E-state index in [1.807, 2.05) is 70.2 Å². The number of carbonyl (C=O) groups excluding carboxylic acids is 1. The third kappa shape index (κ3) is 6.41. The Morgan fingerprint density at radius 3 is 2.07 bits per heavy atom. The van der Waals surface area contributed by atoms with Gasteiger partial charge in [0.1, 0.15) is 0 Å². The van der Waals surface area contributed by atoms with Crippen LogP contribution in [0.1, 0.15) is 43.0 Å². The number of hydrogen-bond acceptors (Lipinski definition) is 3. The third-order valence-electron chi connectivity index (χ3n) is 4.54. The van der Waals surface area contributed by atoms with Crippen LogP contribution in [0.25, 0.3) is 0 Å². The molecule has 0 atom stereocenters. The lowest BCUT2D eigenvalue weighted by molar-refractivity contribution is -0.121. The van der Waals surface area contributed by atoms with Crippen molar-refractivity contribution in [1.82, 2.24) is 9.62 Å². The Hall–Kier alpha value is -2.18. The van der Waals surface area contributed by atoms with Crippen LogP contribution < -0.4 is 5.32 Å². The molecule has 1 amide bonds. The van der Waals surface area contributed by atoms with Crippen LogP contribution >= 0.6 is 0 Å². The molecule has 0 bridgehead atoms. The zero-order chi connectivity index (χ0) is 21.8. The highest BCUT2D eigenvalue weighted by Crippen LogP contribution is 2.26. The molecule has 158 valence electrons. The summed E-state index contributed by atoms with van der Waals surface area (Å²) in [4.78, 5) is 12.9. The quantitative estimate of drug-likeness (QED) is 0.743. The van der Waals surface area contributed by atoms with Crippen LogP contribution in [0.3, 0.4) is 0 Å². The molecule has 1 N–H and O–H groups in total. The molecule has 0 radical (unpaired) electrons. The van der Waals surface area contributed by atoms with Gasteiger partial charge in [-0.05, 0) is 42.9 Å². The van der Waals surface area contributed by atoms with Crippen LogP contribution in [-0.4, -0.2) is 31.7 Å². The zero-order valence-electron chi connectivity index (χ0n) is 18.2. The first kappa shape index (κ1) is 23.1. The van der Waals surface area contributed by atoms with Gasteiger partial charge in [-0.1, -0.05) is 68.8 Å². The smallest absolute Gasteiger partial charge is 0.244 e. The van der Waals surface area contributed by atoms with Gasteiger partial charge in [0.15, 0.2) is 0 Å². The van der Waals surface area contributed by atoms with Crippen molar-refractivity contribution < 1.29 is 13.2 Å². The molecule has 0 saturated carbocycles. The minimum atomic E-state index is -3.85. The van der Waals surface area contributed by atoms with E-state index in [9.17, 15) is 13.2 Å². The topological polar surface area (TPSA) is 66.5 Å². The van der Waals surface area contributed by atoms with Crippen molar-refractivity contribution in [3.05, 3.63) is 64.7 Å². The van der Waals surface area contributed by atoms with Gasteiger partial charge in [0.2, 0.25) is 15.9 Å². The molecule has 2 rings (SSSR count). The summed E-state index contributed by atoms with van der Waals surface area (Å²) >= 11 is 0. The lowest BCUT2D eigenvalue weighted by atomic mass is 9.97. The van der Waals surface area contributed by atoms with Crippen molar-refractivity contribution in [2.45, 2.75) is 53.0 Å². The molecule has 0 fully saturated rings. The molecular formula is C23H32N2O3S. The van der Waals surface area contributed by atoms with Crippen LogP contribution in [0.2, 0.25) is 0 Å². The highest BCUT2D eigenvalue weighted by Gasteiger charge is 2.30. The average molecular weight is 417 g/mol. The SMILES string of the molecule is Cc1cc(C)c(S(=O)(=O)N(CC(=O)NCC(C)(C)C)Cc2ccccc2)c(C)c1. The van der Waals surface area contributed by atoms with E-state index in [2.05, 4.69) is 5.32 Å². The van der Waals surface area contributed by atoms with E-state index in [1.165, 1.54) is 4.31 Å². The Labute approximate surface area is 175 Å². The number of nitrogens with zero attached hydrogens (tertiary/aromatic N) is 1. The first-order valence-electron chi connectivity index (χ1n) is 9.79. The van der Waals surface area contributed by atoms with E-state index < -0.39 is 10.0 Å². The normalized spacial score (nSPS) is 12.2. The summed E-state index contributed by atoms with van der Waals surface area (Å²) in [6.45, 7) is 12.0. The maximum Gasteiger partial charge on any atom is 0.244 e. The maximum atomic E-state index is 13.6. The van der Waals surface area contributed by atoms with E-state index >= 15 is 0 Å². The fourth-order valence-corrected chi connectivity index (χ4v) is 5.09. The van der Waals surface area contributed by atoms with Crippen molar-refractivity contribution in [3.63, 3.8) is 0 Å². The lowest BCUT2D eigenvalue weighted by Gasteiger charge is -2.25. The van der Waals surface area contributed by atoms with Gasteiger partial charge in [0.25, 0.3) is 0 Å². The Morgan fingerprint density at radius 2 is 1.55 bits per heavy atom. The van der Waals surface area contributed by atoms with Crippen molar-refractivity contribution in [2.75, 3.05) is 13.1 Å². The molecule has 0 heterocycles. The van der Waals surface area contributed by atoms with Gasteiger partial charge in [0.05, 0.1) is 11.4 Å². The second-order valence-electron chi connectivity index (χ2n) is 8.82. The Bertz CT molecular complexity index is 938. The molecule has 0 aromatic heterocycles. The predicted octanol–water partition coefficient (Wildman–Crippen LogP) is 3.97. The summed E-state index contributed by atoms with van der Waals surface area (Å²) in [5, 5.41) is 2.86. The molecule has 0 saturated heterocycles. The summed E-state index contributed by atoms with van der Waals surface area (Å²) in [5.74, 6) is -0.304. The molecule has 2 aromatic carbocycles. The van der Waals surface area contributed by atoms with Gasteiger partial charge in [-0.3, -0.25) is 4.79 Å². The van der Waals surface area contributed by atoms with Crippen LogP contribution in [0.4, 0.5) is 0 Å². The van der Waals surface area contributed by atoms with E-state index in [0.29, 0.717) is 17.7 Å². The molecule has 2 aromatic rings. The Balaban J connectivity index is 2.39. The van der Waals surface area contributed by atoms with E-state index in [-0.39, 0.29) is 29.3 Å². The summed E-state index contributed by atoms with van der Waals surface area (Å²) < 4.78 is 28.4. The summed E-state index contributed by atoms with van der Waals surface area (Å²) in [6.07, 6.45) is 0. The standard InChI is InChI=1S/C23H32N2O3S/c1-17-12-18(2)22(19(3)13-17)29(27,28)25(14-20-10-8-7-9-11-20)15-21(26)24-16-23(4,5)6/h7-13H,14-16H2,1-6H3,(H,24,26). The number of aryl methyl sites for hydroxylation is 3. The van der Waals surface area contributed by atoms with Crippen molar-refractivity contribution in [1.29, 1.82) is 0 Å². The average Bonchev–Trinajstić information content (AvgIpc) is 2.58. The van der Waals surface area contributed by atoms with Crippen LogP contribution in [-0.2, 0) is 21.4 Å². The van der Waals surface area contributed by atoms with Crippen molar-refractivity contribution in [2.24, 2.45) is 5.41 Å². The van der Waals surface area contributed by atoms with Crippen LogP contribution in [0, 0.1) is 26.2 Å². The van der Waals surface area contributed by atoms with Crippen molar-refractivity contribution >= 4 is 15.9 Å². The fourth-order valence-electron chi connectivity index (χ4n) is 3.30. The maximum absolute atomic E-state index is 13.6. The second kappa shape index (κ2) is 9.09. The van der Waals surface area contributed by atoms with Crippen LogP contribution in [0.15, 0.2) is 47.4 Å². The van der Waals surface area contributed by atoms with Gasteiger partial charge in [-0.15, -0.1) is 0 Å². The third-order valence-corrected chi connectivity index (χ3v) is 6.64. The van der Waals surface area contributed by atoms with Gasteiger partial charge in [0, 0.05) is 13.1 Å². The minimum absolute atomic E-state index is 0.0804. The van der Waals surface area contributed by atoms with Gasteiger partial charge < -0.3 is 5.32 Å². The minimum Gasteiger partial charge on any atom is -0.354 e. The highest BCUT2D eigenvalue weighted by molar-refractivity contribution is 7.89. The number of sulfonamides is 1. The molecule has 0 aliphatic rings. The largest absolute Gasteiger partial charge is 0.354 e. The molecule has 0 aliphatic heterocycles. The number of hydrogen-bond donors (Lipinski definition) is 1. The number of amides is 1. The van der Waals surface area contributed by atoms with Gasteiger partial charge in [-0.2, -0.15) is 4.31 Å². The Morgan fingerprint density at radius 1 is 1.00 bits per heavy atom. The molecule has 0 spiro atoms. The van der Waals surface area contributed by atoms with E-state index in [1.54, 1.807) is 13.8 Å². The highest BCUT2D eigenvalue weighted by atomic mass is 32.2. The van der Waals surface area contributed by atoms with Crippen molar-refractivity contribution in [3.8, 4) is 0 Å². The number of rotatable bonds is 7. The molecule has 0 unspecified atom stereocenters. The Kier molecular flexibility index (Phi) is 7.25. The fraction of sp³-hybridized carbons (Fsp3) is 0.435. The summed E-state index contributed by atoms with van der Waals surface area (Å²) in [6, 6.07) is 13.1. The predicted molar refractivity (Wildman–Crippen MR) is 117 cm³/mol. The molecular weight excluding hydrogens is 384 g/mol. The lowest BCUT2D eigenvalue weighted by Crippen LogP contribution is -2.42. The van der Waals surface area contributed by atoms with Gasteiger partial charge >= 0.3 is 0 Å². The molecule has 6 heteroatoms. The zero-order valence-corrected chi connectivity index (χ0v) is 19.1. The number of carbonyl (C=O) groups is 1. The first-order chi connectivity index (χ1) is 13.4. The number of nitrogens with one attached hydrogen (secondary N) is 1. The molecule has 0 aliphatic carbocycles. The molecule has 29 heavy (non-hydrogen) atoms.